The van der Waals surface area contributed by atoms with Crippen molar-refractivity contribution in [3.05, 3.63) is 29.8 Å². The molecule has 0 bridgehead atoms. The van der Waals surface area contributed by atoms with Crippen LogP contribution in [0.2, 0.25) is 0 Å². The minimum atomic E-state index is -4.64. The van der Waals surface area contributed by atoms with Gasteiger partial charge in [0, 0.05) is 6.04 Å². The van der Waals surface area contributed by atoms with E-state index in [2.05, 4.69) is 10.2 Å². The molecule has 0 saturated heterocycles. The van der Waals surface area contributed by atoms with Crippen LogP contribution in [0.1, 0.15) is 24.8 Å². The summed E-state index contributed by atoms with van der Waals surface area (Å²) in [6.07, 6.45) is -0.432. The maximum absolute atomic E-state index is 12.0. The number of rotatable bonds is 6. The first-order valence-corrected chi connectivity index (χ1v) is 6.27. The van der Waals surface area contributed by atoms with E-state index in [1.165, 1.54) is 25.0 Å². The number of benzene rings is 1. The lowest BCUT2D eigenvalue weighted by molar-refractivity contribution is -0.274. The molecule has 0 amide bonds. The number of alkyl halides is 3. The molecule has 1 aliphatic rings. The van der Waals surface area contributed by atoms with Crippen LogP contribution in [0, 0.1) is 5.92 Å². The van der Waals surface area contributed by atoms with E-state index in [1.807, 2.05) is 0 Å². The second-order valence-corrected chi connectivity index (χ2v) is 4.94. The fourth-order valence-electron chi connectivity index (χ4n) is 2.08. The van der Waals surface area contributed by atoms with Gasteiger partial charge in [0.15, 0.2) is 0 Å². The van der Waals surface area contributed by atoms with E-state index in [0.29, 0.717) is 6.42 Å². The number of hydrogen-bond donors (Lipinski definition) is 2. The number of nitrogens with two attached hydrogens (primary N) is 1. The van der Waals surface area contributed by atoms with E-state index >= 15 is 0 Å². The number of hydrazine groups is 1. The van der Waals surface area contributed by atoms with Crippen molar-refractivity contribution in [1.82, 2.24) is 5.43 Å². The molecule has 106 valence electrons. The van der Waals surface area contributed by atoms with Crippen molar-refractivity contribution >= 4 is 0 Å². The van der Waals surface area contributed by atoms with E-state index in [0.717, 1.165) is 17.9 Å². The van der Waals surface area contributed by atoms with Gasteiger partial charge >= 0.3 is 6.36 Å². The predicted molar refractivity (Wildman–Crippen MR) is 65.3 cm³/mol. The average molecular weight is 274 g/mol. The Bertz CT molecular complexity index is 401. The first kappa shape index (κ1) is 14.1. The van der Waals surface area contributed by atoms with Crippen LogP contribution in [0.15, 0.2) is 24.3 Å². The third-order valence-corrected chi connectivity index (χ3v) is 3.19. The highest BCUT2D eigenvalue weighted by molar-refractivity contribution is 5.28. The summed E-state index contributed by atoms with van der Waals surface area (Å²) in [6, 6.07) is 6.10. The lowest BCUT2D eigenvalue weighted by atomic mass is 10.0. The molecule has 1 aliphatic carbocycles. The molecule has 19 heavy (non-hydrogen) atoms. The summed E-state index contributed by atoms with van der Waals surface area (Å²) >= 11 is 0. The van der Waals surface area contributed by atoms with Gasteiger partial charge in [-0.3, -0.25) is 11.3 Å². The van der Waals surface area contributed by atoms with Gasteiger partial charge in [0.05, 0.1) is 0 Å². The monoisotopic (exact) mass is 274 g/mol. The van der Waals surface area contributed by atoms with Gasteiger partial charge in [-0.05, 0) is 36.5 Å². The summed E-state index contributed by atoms with van der Waals surface area (Å²) in [6.45, 7) is 0. The Hall–Kier alpha value is -1.27. The second kappa shape index (κ2) is 5.79. The highest BCUT2D eigenvalue weighted by Gasteiger charge is 2.31. The molecular weight excluding hydrogens is 257 g/mol. The van der Waals surface area contributed by atoms with Crippen LogP contribution in [0.25, 0.3) is 0 Å². The standard InChI is InChI=1S/C13H17F3N2O/c14-13(15,16)19-12-5-3-10(4-6-12)8-11(18-17)7-9-1-2-9/h3-6,9,11,18H,1-2,7-8,17H2. The average Bonchev–Trinajstić information content (AvgIpc) is 3.13. The fraction of sp³-hybridized carbons (Fsp3) is 0.538. The number of ether oxygens (including phenoxy) is 1. The molecular formula is C13H17F3N2O. The lowest BCUT2D eigenvalue weighted by Crippen LogP contribution is -2.37. The van der Waals surface area contributed by atoms with Gasteiger partial charge in [-0.25, -0.2) is 0 Å². The van der Waals surface area contributed by atoms with Crippen molar-refractivity contribution in [2.24, 2.45) is 11.8 Å². The van der Waals surface area contributed by atoms with E-state index < -0.39 is 6.36 Å². The van der Waals surface area contributed by atoms with Crippen LogP contribution in [0.3, 0.4) is 0 Å². The Labute approximate surface area is 109 Å². The van der Waals surface area contributed by atoms with E-state index in [1.54, 1.807) is 12.1 Å². The summed E-state index contributed by atoms with van der Waals surface area (Å²) in [5.74, 6) is 6.03. The molecule has 0 aliphatic heterocycles. The Morgan fingerprint density at radius 1 is 1.26 bits per heavy atom. The number of nitrogens with one attached hydrogen (secondary N) is 1. The smallest absolute Gasteiger partial charge is 0.406 e. The van der Waals surface area contributed by atoms with Crippen LogP contribution in [-0.2, 0) is 6.42 Å². The Balaban J connectivity index is 1.89. The maximum Gasteiger partial charge on any atom is 0.573 e. The third kappa shape index (κ3) is 5.08. The fourth-order valence-corrected chi connectivity index (χ4v) is 2.08. The molecule has 0 aromatic heterocycles. The normalized spacial score (nSPS) is 17.3. The van der Waals surface area contributed by atoms with Gasteiger partial charge in [0.1, 0.15) is 5.75 Å². The van der Waals surface area contributed by atoms with Crippen molar-refractivity contribution in [2.75, 3.05) is 0 Å². The van der Waals surface area contributed by atoms with Gasteiger partial charge in [-0.2, -0.15) is 0 Å². The molecule has 1 aromatic rings. The van der Waals surface area contributed by atoms with Gasteiger partial charge < -0.3 is 4.74 Å². The SMILES string of the molecule is NNC(Cc1ccc(OC(F)(F)F)cc1)CC1CC1. The molecule has 0 radical (unpaired) electrons. The molecule has 1 fully saturated rings. The summed E-state index contributed by atoms with van der Waals surface area (Å²) in [5.41, 5.74) is 3.71. The first-order chi connectivity index (χ1) is 8.96. The third-order valence-electron chi connectivity index (χ3n) is 3.19. The number of halogens is 3. The van der Waals surface area contributed by atoms with E-state index in [9.17, 15) is 13.2 Å². The lowest BCUT2D eigenvalue weighted by Gasteiger charge is -2.16. The maximum atomic E-state index is 12.0. The Morgan fingerprint density at radius 2 is 1.89 bits per heavy atom. The van der Waals surface area contributed by atoms with Crippen LogP contribution < -0.4 is 16.0 Å². The summed E-state index contributed by atoms with van der Waals surface area (Å²) in [5, 5.41) is 0. The van der Waals surface area contributed by atoms with Crippen LogP contribution in [-0.4, -0.2) is 12.4 Å². The largest absolute Gasteiger partial charge is 0.573 e. The van der Waals surface area contributed by atoms with Crippen molar-refractivity contribution in [3.8, 4) is 5.75 Å². The highest BCUT2D eigenvalue weighted by Crippen LogP contribution is 2.34. The molecule has 6 heteroatoms. The van der Waals surface area contributed by atoms with Crippen LogP contribution in [0.4, 0.5) is 13.2 Å². The second-order valence-electron chi connectivity index (χ2n) is 4.94. The van der Waals surface area contributed by atoms with E-state index in [-0.39, 0.29) is 11.8 Å². The van der Waals surface area contributed by atoms with Crippen molar-refractivity contribution in [2.45, 2.75) is 38.1 Å². The predicted octanol–water partition coefficient (Wildman–Crippen LogP) is 2.76. The zero-order valence-corrected chi connectivity index (χ0v) is 10.4. The summed E-state index contributed by atoms with van der Waals surface area (Å²) < 4.78 is 39.8. The molecule has 3 nitrogen and oxygen atoms in total. The summed E-state index contributed by atoms with van der Waals surface area (Å²) in [4.78, 5) is 0. The first-order valence-electron chi connectivity index (χ1n) is 6.27. The highest BCUT2D eigenvalue weighted by atomic mass is 19.4. The Kier molecular flexibility index (Phi) is 4.31. The van der Waals surface area contributed by atoms with Crippen molar-refractivity contribution in [3.63, 3.8) is 0 Å². The topological polar surface area (TPSA) is 47.3 Å². The molecule has 1 unspecified atom stereocenters. The van der Waals surface area contributed by atoms with Gasteiger partial charge in [0.25, 0.3) is 0 Å². The molecule has 1 atom stereocenters. The van der Waals surface area contributed by atoms with Crippen molar-refractivity contribution < 1.29 is 17.9 Å². The molecule has 0 spiro atoms. The molecule has 1 aromatic carbocycles. The zero-order chi connectivity index (χ0) is 13.9. The summed E-state index contributed by atoms with van der Waals surface area (Å²) in [7, 11) is 0. The van der Waals surface area contributed by atoms with Crippen LogP contribution >= 0.6 is 0 Å². The molecule has 3 N–H and O–H groups in total. The van der Waals surface area contributed by atoms with Gasteiger partial charge in [0.2, 0.25) is 0 Å². The van der Waals surface area contributed by atoms with Crippen LogP contribution in [0.5, 0.6) is 5.75 Å². The molecule has 0 heterocycles. The van der Waals surface area contributed by atoms with Crippen molar-refractivity contribution in [1.29, 1.82) is 0 Å². The minimum Gasteiger partial charge on any atom is -0.406 e. The van der Waals surface area contributed by atoms with Gasteiger partial charge in [-0.1, -0.05) is 25.0 Å². The quantitative estimate of drug-likeness (QED) is 0.619. The molecule has 1 saturated carbocycles. The van der Waals surface area contributed by atoms with Gasteiger partial charge in [-0.15, -0.1) is 13.2 Å². The minimum absolute atomic E-state index is 0.168. The molecule has 2 rings (SSSR count). The van der Waals surface area contributed by atoms with E-state index in [4.69, 9.17) is 5.84 Å². The zero-order valence-electron chi connectivity index (χ0n) is 10.4. The number of hydrogen-bond acceptors (Lipinski definition) is 3. The Morgan fingerprint density at radius 3 is 2.37 bits per heavy atom.